The molecule has 2 aliphatic rings. The van der Waals surface area contributed by atoms with Crippen molar-refractivity contribution >= 4 is 16.0 Å². The Bertz CT molecular complexity index is 705. The van der Waals surface area contributed by atoms with Gasteiger partial charge in [-0.05, 0) is 12.1 Å². The lowest BCUT2D eigenvalue weighted by molar-refractivity contribution is -0.140. The molecular weight excluding hydrogens is 324 g/mol. The first-order valence-electron chi connectivity index (χ1n) is 7.34. The fourth-order valence-electron chi connectivity index (χ4n) is 2.56. The van der Waals surface area contributed by atoms with E-state index in [-0.39, 0.29) is 18.0 Å². The lowest BCUT2D eigenvalue weighted by Crippen LogP contribution is -2.55. The Morgan fingerprint density at radius 3 is 2.74 bits per heavy atom. The fourth-order valence-corrected chi connectivity index (χ4v) is 4.03. The first-order valence-corrected chi connectivity index (χ1v) is 8.78. The predicted molar refractivity (Wildman–Crippen MR) is 80.2 cm³/mol. The van der Waals surface area contributed by atoms with Gasteiger partial charge in [-0.3, -0.25) is 4.79 Å². The summed E-state index contributed by atoms with van der Waals surface area (Å²) in [5.74, 6) is -0.151. The number of hydrogen-bond donors (Lipinski definition) is 2. The number of carbonyl (C=O) groups is 1. The molecule has 0 aromatic heterocycles. The van der Waals surface area contributed by atoms with E-state index in [9.17, 15) is 13.2 Å². The van der Waals surface area contributed by atoms with Crippen molar-refractivity contribution in [2.75, 3.05) is 32.8 Å². The van der Waals surface area contributed by atoms with Gasteiger partial charge in [-0.25, -0.2) is 8.42 Å². The van der Waals surface area contributed by atoms with E-state index in [2.05, 4.69) is 5.32 Å². The molecule has 0 aliphatic carbocycles. The maximum absolute atomic E-state index is 12.7. The number of carboxylic acid groups (broad SMARTS) is 1. The molecule has 2 N–H and O–H groups in total. The molecule has 0 amide bonds. The number of aliphatic carboxylic acids is 1. The molecule has 0 bridgehead atoms. The molecule has 9 heteroatoms. The van der Waals surface area contributed by atoms with Crippen LogP contribution in [0.1, 0.15) is 6.42 Å². The summed E-state index contributed by atoms with van der Waals surface area (Å²) in [5, 5.41) is 11.8. The van der Waals surface area contributed by atoms with Crippen LogP contribution in [-0.4, -0.2) is 62.7 Å². The largest absolute Gasteiger partial charge is 0.490 e. The van der Waals surface area contributed by atoms with E-state index < -0.39 is 22.0 Å². The van der Waals surface area contributed by atoms with Crippen molar-refractivity contribution in [2.45, 2.75) is 17.4 Å². The summed E-state index contributed by atoms with van der Waals surface area (Å²) < 4.78 is 37.7. The molecule has 1 aromatic rings. The maximum atomic E-state index is 12.7. The number of benzene rings is 1. The second-order valence-corrected chi connectivity index (χ2v) is 7.30. The molecule has 126 valence electrons. The number of ether oxygens (including phenoxy) is 2. The van der Waals surface area contributed by atoms with Crippen LogP contribution in [0.3, 0.4) is 0 Å². The molecule has 1 aromatic carbocycles. The summed E-state index contributed by atoms with van der Waals surface area (Å²) in [5.41, 5.74) is 0. The van der Waals surface area contributed by atoms with Gasteiger partial charge in [0.1, 0.15) is 6.04 Å². The van der Waals surface area contributed by atoms with Crippen LogP contribution in [0.5, 0.6) is 11.5 Å². The Kier molecular flexibility index (Phi) is 4.42. The number of hydrogen-bond acceptors (Lipinski definition) is 6. The monoisotopic (exact) mass is 342 g/mol. The quantitative estimate of drug-likeness (QED) is 0.790. The first kappa shape index (κ1) is 16.0. The summed E-state index contributed by atoms with van der Waals surface area (Å²) in [6.07, 6.45) is 0.731. The van der Waals surface area contributed by atoms with Crippen molar-refractivity contribution < 1.29 is 27.8 Å². The average Bonchev–Trinajstić information content (AvgIpc) is 2.79. The Labute approximate surface area is 134 Å². The van der Waals surface area contributed by atoms with Crippen LogP contribution in [0, 0.1) is 0 Å². The summed E-state index contributed by atoms with van der Waals surface area (Å²) in [6.45, 7) is 1.40. The number of carboxylic acids is 1. The van der Waals surface area contributed by atoms with Gasteiger partial charge in [-0.1, -0.05) is 0 Å². The van der Waals surface area contributed by atoms with Crippen molar-refractivity contribution in [3.05, 3.63) is 18.2 Å². The number of nitrogens with one attached hydrogen (secondary N) is 1. The second kappa shape index (κ2) is 6.34. The summed E-state index contributed by atoms with van der Waals surface area (Å²) >= 11 is 0. The highest BCUT2D eigenvalue weighted by atomic mass is 32.2. The van der Waals surface area contributed by atoms with Gasteiger partial charge in [0.15, 0.2) is 11.5 Å². The molecule has 0 saturated carbocycles. The van der Waals surface area contributed by atoms with E-state index in [4.69, 9.17) is 14.6 Å². The molecular formula is C14H18N2O6S. The molecule has 3 rings (SSSR count). The van der Waals surface area contributed by atoms with Crippen LogP contribution < -0.4 is 14.8 Å². The van der Waals surface area contributed by atoms with Gasteiger partial charge in [0.05, 0.1) is 18.1 Å². The summed E-state index contributed by atoms with van der Waals surface area (Å²) in [7, 11) is -3.78. The van der Waals surface area contributed by atoms with E-state index >= 15 is 0 Å². The minimum Gasteiger partial charge on any atom is -0.490 e. The molecule has 8 nitrogen and oxygen atoms in total. The number of piperazine rings is 1. The lowest BCUT2D eigenvalue weighted by atomic mass is 10.2. The smallest absolute Gasteiger partial charge is 0.322 e. The van der Waals surface area contributed by atoms with Crippen LogP contribution in [0.15, 0.2) is 23.1 Å². The molecule has 0 radical (unpaired) electrons. The predicted octanol–water partition coefficient (Wildman–Crippen LogP) is -0.105. The van der Waals surface area contributed by atoms with Crippen molar-refractivity contribution in [2.24, 2.45) is 0 Å². The second-order valence-electron chi connectivity index (χ2n) is 5.37. The Morgan fingerprint density at radius 2 is 2.00 bits per heavy atom. The zero-order chi connectivity index (χ0) is 16.4. The number of sulfonamides is 1. The van der Waals surface area contributed by atoms with E-state index in [1.54, 1.807) is 6.07 Å². The molecule has 1 atom stereocenters. The molecule has 0 spiro atoms. The Hall–Kier alpha value is -1.84. The van der Waals surface area contributed by atoms with Gasteiger partial charge < -0.3 is 19.9 Å². The van der Waals surface area contributed by atoms with Crippen LogP contribution in [-0.2, 0) is 14.8 Å². The van der Waals surface area contributed by atoms with Gasteiger partial charge in [-0.15, -0.1) is 0 Å². The molecule has 1 fully saturated rings. The summed E-state index contributed by atoms with van der Waals surface area (Å²) in [4.78, 5) is 11.1. The Balaban J connectivity index is 1.87. The first-order chi connectivity index (χ1) is 11.0. The number of rotatable bonds is 3. The third-order valence-electron chi connectivity index (χ3n) is 3.79. The van der Waals surface area contributed by atoms with Crippen molar-refractivity contribution in [1.29, 1.82) is 0 Å². The van der Waals surface area contributed by atoms with Crippen LogP contribution >= 0.6 is 0 Å². The minimum atomic E-state index is -3.78. The highest BCUT2D eigenvalue weighted by molar-refractivity contribution is 7.89. The maximum Gasteiger partial charge on any atom is 0.322 e. The zero-order valence-electron chi connectivity index (χ0n) is 12.4. The van der Waals surface area contributed by atoms with Crippen molar-refractivity contribution in [1.82, 2.24) is 9.62 Å². The highest BCUT2D eigenvalue weighted by Gasteiger charge is 2.33. The molecule has 1 saturated heterocycles. The van der Waals surface area contributed by atoms with Gasteiger partial charge in [0.2, 0.25) is 10.0 Å². The van der Waals surface area contributed by atoms with Crippen molar-refractivity contribution in [3.8, 4) is 11.5 Å². The molecule has 2 heterocycles. The van der Waals surface area contributed by atoms with Gasteiger partial charge in [-0.2, -0.15) is 4.31 Å². The Morgan fingerprint density at radius 1 is 1.26 bits per heavy atom. The lowest BCUT2D eigenvalue weighted by Gasteiger charge is -2.30. The van der Waals surface area contributed by atoms with Gasteiger partial charge in [0, 0.05) is 32.1 Å². The molecule has 2 aliphatic heterocycles. The zero-order valence-corrected chi connectivity index (χ0v) is 13.2. The number of nitrogens with zero attached hydrogens (tertiary/aromatic N) is 1. The SMILES string of the molecule is O=C(O)C1CN(S(=O)(=O)c2ccc3c(c2)OCCCO3)CCN1. The standard InChI is InChI=1S/C14H18N2O6S/c17-14(18)11-9-16(5-4-15-11)23(19,20)10-2-3-12-13(8-10)22-7-1-6-21-12/h2-3,8,11,15H,1,4-7,9H2,(H,17,18). The van der Waals surface area contributed by atoms with E-state index in [0.717, 1.165) is 6.42 Å². The van der Waals surface area contributed by atoms with Crippen LogP contribution in [0.4, 0.5) is 0 Å². The van der Waals surface area contributed by atoms with Crippen LogP contribution in [0.2, 0.25) is 0 Å². The van der Waals surface area contributed by atoms with Crippen LogP contribution in [0.25, 0.3) is 0 Å². The third-order valence-corrected chi connectivity index (χ3v) is 5.65. The summed E-state index contributed by atoms with van der Waals surface area (Å²) in [6, 6.07) is 3.57. The highest BCUT2D eigenvalue weighted by Crippen LogP contribution is 2.33. The normalized spacial score (nSPS) is 22.3. The van der Waals surface area contributed by atoms with Gasteiger partial charge >= 0.3 is 5.97 Å². The number of fused-ring (bicyclic) bond motifs is 1. The minimum absolute atomic E-state index is 0.0767. The van der Waals surface area contributed by atoms with E-state index in [0.29, 0.717) is 31.3 Å². The molecule has 23 heavy (non-hydrogen) atoms. The van der Waals surface area contributed by atoms with Crippen molar-refractivity contribution in [3.63, 3.8) is 0 Å². The van der Waals surface area contributed by atoms with E-state index in [1.165, 1.54) is 16.4 Å². The topological polar surface area (TPSA) is 105 Å². The average molecular weight is 342 g/mol. The fraction of sp³-hybridized carbons (Fsp3) is 0.500. The van der Waals surface area contributed by atoms with Gasteiger partial charge in [0.25, 0.3) is 0 Å². The van der Waals surface area contributed by atoms with E-state index in [1.807, 2.05) is 0 Å². The third kappa shape index (κ3) is 3.26. The molecule has 1 unspecified atom stereocenters.